The molecule has 1 aromatic carbocycles. The molecule has 0 spiro atoms. The van der Waals surface area contributed by atoms with E-state index in [1.807, 2.05) is 0 Å². The molecule has 13 heavy (non-hydrogen) atoms. The Morgan fingerprint density at radius 1 is 1.38 bits per heavy atom. The van der Waals surface area contributed by atoms with Gasteiger partial charge in [0.1, 0.15) is 5.82 Å². The molecule has 0 aliphatic rings. The van der Waals surface area contributed by atoms with Crippen molar-refractivity contribution in [1.29, 1.82) is 0 Å². The molecule has 2 nitrogen and oxygen atoms in total. The Bertz CT molecular complexity index is 234. The predicted octanol–water partition coefficient (Wildman–Crippen LogP) is 2.40. The Hall–Kier alpha value is -1.38. The molecule has 0 aromatic heterocycles. The van der Waals surface area contributed by atoms with Crippen LogP contribution in [-0.2, 0) is 9.53 Å². The van der Waals surface area contributed by atoms with E-state index in [0.29, 0.717) is 6.61 Å². The molecule has 0 atom stereocenters. The Kier molecular flexibility index (Phi) is 6.51. The first kappa shape index (κ1) is 11.6. The molecule has 0 unspecified atom stereocenters. The van der Waals surface area contributed by atoms with Gasteiger partial charge in [-0.3, -0.25) is 4.79 Å². The maximum atomic E-state index is 11.9. The zero-order valence-electron chi connectivity index (χ0n) is 7.79. The summed E-state index contributed by atoms with van der Waals surface area (Å²) in [6, 6.07) is 7.94. The van der Waals surface area contributed by atoms with Gasteiger partial charge in [0.05, 0.1) is 6.61 Å². The van der Waals surface area contributed by atoms with Gasteiger partial charge in [-0.25, -0.2) is 4.39 Å². The maximum Gasteiger partial charge on any atom is 0.302 e. The van der Waals surface area contributed by atoms with Crippen molar-refractivity contribution in [3.63, 3.8) is 0 Å². The Balaban J connectivity index is 0.000000226. The van der Waals surface area contributed by atoms with Crippen molar-refractivity contribution in [2.24, 2.45) is 0 Å². The topological polar surface area (TPSA) is 26.3 Å². The molecule has 0 bridgehead atoms. The van der Waals surface area contributed by atoms with Gasteiger partial charge in [0.2, 0.25) is 0 Å². The molecule has 3 heteroatoms. The number of benzene rings is 1. The normalized spacial score (nSPS) is 8.23. The lowest BCUT2D eigenvalue weighted by Gasteiger charge is -1.89. The quantitative estimate of drug-likeness (QED) is 0.626. The smallest absolute Gasteiger partial charge is 0.302 e. The standard InChI is InChI=1S/C6H5F.C4H8O2/c7-6-4-2-1-3-5-6;1-3-6-4(2)5/h1-5H;3H2,1-2H3. The van der Waals surface area contributed by atoms with Crippen LogP contribution in [0.3, 0.4) is 0 Å². The first-order chi connectivity index (χ1) is 6.16. The second-order valence-corrected chi connectivity index (χ2v) is 2.22. The van der Waals surface area contributed by atoms with Gasteiger partial charge < -0.3 is 4.74 Å². The summed E-state index contributed by atoms with van der Waals surface area (Å²) in [5.41, 5.74) is 0. The third kappa shape index (κ3) is 8.53. The van der Waals surface area contributed by atoms with Crippen LogP contribution in [0.5, 0.6) is 0 Å². The van der Waals surface area contributed by atoms with Crippen LogP contribution < -0.4 is 0 Å². The highest BCUT2D eigenvalue weighted by Crippen LogP contribution is 1.91. The van der Waals surface area contributed by atoms with Crippen LogP contribution in [0.25, 0.3) is 0 Å². The van der Waals surface area contributed by atoms with Crippen LogP contribution >= 0.6 is 0 Å². The number of ether oxygens (including phenoxy) is 1. The molecular formula is C10H13FO2. The van der Waals surface area contributed by atoms with Gasteiger partial charge >= 0.3 is 5.97 Å². The van der Waals surface area contributed by atoms with Gasteiger partial charge in [-0.15, -0.1) is 0 Å². The monoisotopic (exact) mass is 184 g/mol. The molecule has 1 rings (SSSR count). The number of hydrogen-bond acceptors (Lipinski definition) is 2. The van der Waals surface area contributed by atoms with E-state index in [2.05, 4.69) is 4.74 Å². The fourth-order valence-corrected chi connectivity index (χ4v) is 0.618. The van der Waals surface area contributed by atoms with Crippen molar-refractivity contribution < 1.29 is 13.9 Å². The van der Waals surface area contributed by atoms with Crippen LogP contribution in [0.1, 0.15) is 13.8 Å². The number of esters is 1. The van der Waals surface area contributed by atoms with Crippen LogP contribution in [-0.4, -0.2) is 12.6 Å². The minimum atomic E-state index is -0.211. The minimum Gasteiger partial charge on any atom is -0.466 e. The summed E-state index contributed by atoms with van der Waals surface area (Å²) in [5.74, 6) is -0.389. The van der Waals surface area contributed by atoms with Crippen molar-refractivity contribution in [2.45, 2.75) is 13.8 Å². The number of carbonyl (C=O) groups is 1. The largest absolute Gasteiger partial charge is 0.466 e. The van der Waals surface area contributed by atoms with Gasteiger partial charge in [0.25, 0.3) is 0 Å². The SMILES string of the molecule is CCOC(C)=O.Fc1ccccc1. The Morgan fingerprint density at radius 3 is 2.08 bits per heavy atom. The van der Waals surface area contributed by atoms with E-state index in [4.69, 9.17) is 0 Å². The second kappa shape index (κ2) is 7.28. The minimum absolute atomic E-state index is 0.178. The Labute approximate surface area is 77.3 Å². The lowest BCUT2D eigenvalue weighted by atomic mass is 10.4. The van der Waals surface area contributed by atoms with E-state index in [1.54, 1.807) is 25.1 Å². The third-order valence-electron chi connectivity index (χ3n) is 1.08. The molecule has 72 valence electrons. The first-order valence-electron chi connectivity index (χ1n) is 4.00. The molecule has 0 amide bonds. The van der Waals surface area contributed by atoms with Gasteiger partial charge in [0.15, 0.2) is 0 Å². The average Bonchev–Trinajstić information content (AvgIpc) is 2.06. The van der Waals surface area contributed by atoms with E-state index >= 15 is 0 Å². The number of hydrogen-bond donors (Lipinski definition) is 0. The summed E-state index contributed by atoms with van der Waals surface area (Å²) in [7, 11) is 0. The fourth-order valence-electron chi connectivity index (χ4n) is 0.618. The summed E-state index contributed by atoms with van der Waals surface area (Å²) in [4.78, 5) is 9.82. The van der Waals surface area contributed by atoms with Gasteiger partial charge in [-0.05, 0) is 19.1 Å². The van der Waals surface area contributed by atoms with Crippen molar-refractivity contribution in [1.82, 2.24) is 0 Å². The predicted molar refractivity (Wildman–Crippen MR) is 48.7 cm³/mol. The average molecular weight is 184 g/mol. The van der Waals surface area contributed by atoms with E-state index in [1.165, 1.54) is 19.1 Å². The molecule has 0 aliphatic heterocycles. The summed E-state index contributed by atoms with van der Waals surface area (Å²) in [6.07, 6.45) is 0. The van der Waals surface area contributed by atoms with E-state index < -0.39 is 0 Å². The van der Waals surface area contributed by atoms with Crippen molar-refractivity contribution >= 4 is 5.97 Å². The highest BCUT2D eigenvalue weighted by atomic mass is 19.1. The van der Waals surface area contributed by atoms with Crippen molar-refractivity contribution in [3.8, 4) is 0 Å². The van der Waals surface area contributed by atoms with Gasteiger partial charge in [0, 0.05) is 6.92 Å². The van der Waals surface area contributed by atoms with Crippen LogP contribution in [0, 0.1) is 5.82 Å². The lowest BCUT2D eigenvalue weighted by molar-refractivity contribution is -0.140. The zero-order chi connectivity index (χ0) is 10.1. The third-order valence-corrected chi connectivity index (χ3v) is 1.08. The molecular weight excluding hydrogens is 171 g/mol. The van der Waals surface area contributed by atoms with Crippen molar-refractivity contribution in [2.75, 3.05) is 6.61 Å². The molecule has 0 aliphatic carbocycles. The molecule has 0 radical (unpaired) electrons. The van der Waals surface area contributed by atoms with E-state index in [9.17, 15) is 9.18 Å². The Morgan fingerprint density at radius 2 is 1.92 bits per heavy atom. The van der Waals surface area contributed by atoms with Crippen LogP contribution in [0.4, 0.5) is 4.39 Å². The zero-order valence-corrected chi connectivity index (χ0v) is 7.79. The number of carbonyl (C=O) groups excluding carboxylic acids is 1. The van der Waals surface area contributed by atoms with Crippen molar-refractivity contribution in [3.05, 3.63) is 36.1 Å². The summed E-state index contributed by atoms with van der Waals surface area (Å²) in [6.45, 7) is 3.65. The molecule has 1 aromatic rings. The van der Waals surface area contributed by atoms with E-state index in [0.717, 1.165) is 0 Å². The molecule has 0 heterocycles. The van der Waals surface area contributed by atoms with Crippen LogP contribution in [0.15, 0.2) is 30.3 Å². The van der Waals surface area contributed by atoms with Gasteiger partial charge in [-0.2, -0.15) is 0 Å². The summed E-state index contributed by atoms with van der Waals surface area (Å²) < 4.78 is 16.3. The molecule has 0 saturated heterocycles. The summed E-state index contributed by atoms with van der Waals surface area (Å²) in [5, 5.41) is 0. The van der Waals surface area contributed by atoms with Gasteiger partial charge in [-0.1, -0.05) is 18.2 Å². The highest BCUT2D eigenvalue weighted by Gasteiger charge is 1.81. The number of rotatable bonds is 1. The van der Waals surface area contributed by atoms with E-state index in [-0.39, 0.29) is 11.8 Å². The highest BCUT2D eigenvalue weighted by molar-refractivity contribution is 5.65. The second-order valence-electron chi connectivity index (χ2n) is 2.22. The molecule has 0 N–H and O–H groups in total. The van der Waals surface area contributed by atoms with Crippen LogP contribution in [0.2, 0.25) is 0 Å². The first-order valence-corrected chi connectivity index (χ1v) is 4.00. The molecule has 0 fully saturated rings. The number of halogens is 1. The fraction of sp³-hybridized carbons (Fsp3) is 0.300. The summed E-state index contributed by atoms with van der Waals surface area (Å²) >= 11 is 0. The molecule has 0 saturated carbocycles. The lowest BCUT2D eigenvalue weighted by Crippen LogP contribution is -1.95. The maximum absolute atomic E-state index is 11.9.